The van der Waals surface area contributed by atoms with Crippen molar-refractivity contribution in [2.45, 2.75) is 0 Å². The molecular formula is C11H14N2S. The van der Waals surface area contributed by atoms with Gasteiger partial charge in [0.15, 0.2) is 0 Å². The molecule has 0 aromatic heterocycles. The van der Waals surface area contributed by atoms with Crippen LogP contribution in [0.25, 0.3) is 0 Å². The first-order valence-electron chi connectivity index (χ1n) is 5.14. The van der Waals surface area contributed by atoms with Crippen molar-refractivity contribution < 1.29 is 0 Å². The summed E-state index contributed by atoms with van der Waals surface area (Å²) in [6.07, 6.45) is 4.59. The van der Waals surface area contributed by atoms with E-state index >= 15 is 0 Å². The Kier molecular flexibility index (Phi) is 1.65. The molecule has 3 heteroatoms. The van der Waals surface area contributed by atoms with Gasteiger partial charge in [-0.15, -0.1) is 0 Å². The second-order valence-corrected chi connectivity index (χ2v) is 4.78. The van der Waals surface area contributed by atoms with E-state index in [-0.39, 0.29) is 0 Å². The van der Waals surface area contributed by atoms with E-state index in [1.807, 2.05) is 0 Å². The predicted octanol–water partition coefficient (Wildman–Crippen LogP) is 1.15. The normalized spacial score (nSPS) is 43.1. The van der Waals surface area contributed by atoms with E-state index in [9.17, 15) is 0 Å². The van der Waals surface area contributed by atoms with Crippen LogP contribution in [0, 0.1) is 23.7 Å². The summed E-state index contributed by atoms with van der Waals surface area (Å²) in [6.45, 7) is 5.65. The Hall–Kier alpha value is -0.670. The quantitative estimate of drug-likeness (QED) is 0.543. The van der Waals surface area contributed by atoms with Gasteiger partial charge in [-0.25, -0.2) is 0 Å². The van der Waals surface area contributed by atoms with Crippen LogP contribution < -0.4 is 5.73 Å². The molecule has 2 nitrogen and oxygen atoms in total. The van der Waals surface area contributed by atoms with E-state index < -0.39 is 0 Å². The fourth-order valence-electron chi connectivity index (χ4n) is 3.05. The number of nitrogens with two attached hydrogens (primary N) is 1. The highest BCUT2D eigenvalue weighted by molar-refractivity contribution is 7.80. The second-order valence-electron chi connectivity index (χ2n) is 4.36. The van der Waals surface area contributed by atoms with Gasteiger partial charge in [0.1, 0.15) is 0 Å². The summed E-state index contributed by atoms with van der Waals surface area (Å²) in [5, 5.41) is 0. The Balaban J connectivity index is 1.88. The summed E-state index contributed by atoms with van der Waals surface area (Å²) in [5.41, 5.74) is 6.78. The summed E-state index contributed by atoms with van der Waals surface area (Å²) < 4.78 is 0. The smallest absolute Gasteiger partial charge is 0.0865 e. The molecule has 2 fully saturated rings. The first-order chi connectivity index (χ1) is 6.75. The average molecular weight is 206 g/mol. The van der Waals surface area contributed by atoms with Gasteiger partial charge in [0, 0.05) is 30.6 Å². The Bertz CT molecular complexity index is 317. The fraction of sp³-hybridized carbons (Fsp3) is 0.545. The Morgan fingerprint density at radius 3 is 2.50 bits per heavy atom. The van der Waals surface area contributed by atoms with Crippen LogP contribution >= 0.6 is 12.2 Å². The van der Waals surface area contributed by atoms with E-state index in [0.29, 0.717) is 24.3 Å². The predicted molar refractivity (Wildman–Crippen MR) is 60.6 cm³/mol. The van der Waals surface area contributed by atoms with Gasteiger partial charge in [-0.1, -0.05) is 30.9 Å². The highest BCUT2D eigenvalue weighted by atomic mass is 32.1. The zero-order valence-corrected chi connectivity index (χ0v) is 8.83. The summed E-state index contributed by atoms with van der Waals surface area (Å²) >= 11 is 5.47. The number of rotatable bonds is 2. The van der Waals surface area contributed by atoms with Crippen LogP contribution in [0.2, 0.25) is 0 Å². The molecule has 2 aliphatic carbocycles. The molecule has 1 saturated heterocycles. The fourth-order valence-corrected chi connectivity index (χ4v) is 3.56. The Morgan fingerprint density at radius 2 is 2.00 bits per heavy atom. The maximum Gasteiger partial charge on any atom is 0.0865 e. The summed E-state index contributed by atoms with van der Waals surface area (Å²) in [6, 6.07) is 0. The van der Waals surface area contributed by atoms with Gasteiger partial charge < -0.3 is 10.6 Å². The number of allylic oxidation sites excluding steroid dienone is 3. The minimum atomic E-state index is 0.569. The van der Waals surface area contributed by atoms with Crippen LogP contribution in [0.1, 0.15) is 0 Å². The van der Waals surface area contributed by atoms with Gasteiger partial charge in [-0.05, 0) is 11.8 Å². The molecule has 0 aromatic carbocycles. The zero-order chi connectivity index (χ0) is 9.87. The Morgan fingerprint density at radius 1 is 1.36 bits per heavy atom. The van der Waals surface area contributed by atoms with Crippen molar-refractivity contribution in [2.24, 2.45) is 29.4 Å². The van der Waals surface area contributed by atoms with Crippen molar-refractivity contribution in [1.82, 2.24) is 4.90 Å². The largest absolute Gasteiger partial charge is 0.338 e. The molecular weight excluding hydrogens is 192 g/mol. The maximum absolute atomic E-state index is 5.57. The van der Waals surface area contributed by atoms with Crippen LogP contribution in [0.4, 0.5) is 0 Å². The lowest BCUT2D eigenvalue weighted by molar-refractivity contribution is 0.114. The molecule has 4 atom stereocenters. The van der Waals surface area contributed by atoms with Gasteiger partial charge in [-0.2, -0.15) is 0 Å². The summed E-state index contributed by atoms with van der Waals surface area (Å²) in [5.74, 6) is 2.61. The van der Waals surface area contributed by atoms with Crippen LogP contribution in [0.5, 0.6) is 0 Å². The lowest BCUT2D eigenvalue weighted by Crippen LogP contribution is -2.49. The van der Waals surface area contributed by atoms with Crippen LogP contribution in [-0.4, -0.2) is 23.0 Å². The standard InChI is InChI=1S/C11H14N2S/c1-6-9-7-2-3-8(7)10(9)11(14)13(6)5-4-12/h2-3,7-10H,1,4-5,12H2/t7?,8?,9?,10-/m0/s1. The molecule has 1 saturated carbocycles. The Labute approximate surface area is 89.5 Å². The topological polar surface area (TPSA) is 29.3 Å². The van der Waals surface area contributed by atoms with E-state index in [1.54, 1.807) is 0 Å². The van der Waals surface area contributed by atoms with Crippen molar-refractivity contribution in [1.29, 1.82) is 0 Å². The lowest BCUT2D eigenvalue weighted by Gasteiger charge is -2.50. The van der Waals surface area contributed by atoms with Crippen molar-refractivity contribution in [3.05, 3.63) is 24.4 Å². The molecule has 0 amide bonds. The molecule has 74 valence electrons. The molecule has 0 bridgehead atoms. The minimum Gasteiger partial charge on any atom is -0.338 e. The zero-order valence-electron chi connectivity index (χ0n) is 8.02. The molecule has 0 radical (unpaired) electrons. The lowest BCUT2D eigenvalue weighted by atomic mass is 9.52. The molecule has 2 N–H and O–H groups in total. The van der Waals surface area contributed by atoms with Crippen LogP contribution in [-0.2, 0) is 0 Å². The third kappa shape index (κ3) is 0.782. The molecule has 3 unspecified atom stereocenters. The van der Waals surface area contributed by atoms with Crippen LogP contribution in [0.15, 0.2) is 24.4 Å². The summed E-state index contributed by atoms with van der Waals surface area (Å²) in [4.78, 5) is 3.24. The molecule has 0 aromatic rings. The van der Waals surface area contributed by atoms with E-state index in [2.05, 4.69) is 23.6 Å². The number of hydrogen-bond donors (Lipinski definition) is 1. The molecule has 0 spiro atoms. The number of nitrogens with zero attached hydrogens (tertiary/aromatic N) is 1. The van der Waals surface area contributed by atoms with Gasteiger partial charge in [0.25, 0.3) is 0 Å². The monoisotopic (exact) mass is 206 g/mol. The van der Waals surface area contributed by atoms with E-state index in [1.165, 1.54) is 5.70 Å². The molecule has 3 rings (SSSR count). The minimum absolute atomic E-state index is 0.569. The van der Waals surface area contributed by atoms with E-state index in [4.69, 9.17) is 18.0 Å². The first kappa shape index (κ1) is 8.62. The number of fused-ring (bicyclic) bond motifs is 4. The van der Waals surface area contributed by atoms with Gasteiger partial charge in [0.05, 0.1) is 4.99 Å². The maximum atomic E-state index is 5.57. The van der Waals surface area contributed by atoms with Crippen LogP contribution in [0.3, 0.4) is 0 Å². The number of thiocarbonyl (C=S) groups is 1. The molecule has 1 aliphatic heterocycles. The van der Waals surface area contributed by atoms with Crippen molar-refractivity contribution in [2.75, 3.05) is 13.1 Å². The first-order valence-corrected chi connectivity index (χ1v) is 5.55. The van der Waals surface area contributed by atoms with Gasteiger partial charge >= 0.3 is 0 Å². The highest BCUT2D eigenvalue weighted by Crippen LogP contribution is 2.60. The third-order valence-corrected chi connectivity index (χ3v) is 4.34. The average Bonchev–Trinajstić information content (AvgIpc) is 2.31. The highest BCUT2D eigenvalue weighted by Gasteiger charge is 2.60. The van der Waals surface area contributed by atoms with Crippen molar-refractivity contribution in [3.8, 4) is 0 Å². The second kappa shape index (κ2) is 2.67. The van der Waals surface area contributed by atoms with Gasteiger partial charge in [0.2, 0.25) is 0 Å². The van der Waals surface area contributed by atoms with Crippen molar-refractivity contribution >= 4 is 17.2 Å². The SMILES string of the molecule is C=C1C2C3C=CC3[C@@H]2C(=S)N1CCN. The van der Waals surface area contributed by atoms with E-state index in [0.717, 1.165) is 17.5 Å². The third-order valence-electron chi connectivity index (χ3n) is 3.85. The molecule has 1 heterocycles. The van der Waals surface area contributed by atoms with Gasteiger partial charge in [-0.3, -0.25) is 0 Å². The molecule has 14 heavy (non-hydrogen) atoms. The van der Waals surface area contributed by atoms with Crippen molar-refractivity contribution in [3.63, 3.8) is 0 Å². The summed E-state index contributed by atoms with van der Waals surface area (Å²) in [7, 11) is 0. The number of likely N-dealkylation sites (tertiary alicyclic amines) is 1. The molecule has 3 aliphatic rings. The number of hydrogen-bond acceptors (Lipinski definition) is 2.